The maximum Gasteiger partial charge on any atom is 0.326 e. The first kappa shape index (κ1) is 22.2. The highest BCUT2D eigenvalue weighted by atomic mass is 32.2. The number of nitrogens with one attached hydrogen (secondary N) is 1. The number of sulfone groups is 1. The molecule has 3 aromatic rings. The molecule has 31 heavy (non-hydrogen) atoms. The lowest BCUT2D eigenvalue weighted by molar-refractivity contribution is -0.141. The third-order valence-corrected chi connectivity index (χ3v) is 5.73. The molecule has 8 nitrogen and oxygen atoms in total. The second kappa shape index (κ2) is 9.57. The van der Waals surface area contributed by atoms with Crippen LogP contribution in [0, 0.1) is 0 Å². The van der Waals surface area contributed by atoms with Gasteiger partial charge in [-0.3, -0.25) is 4.79 Å². The second-order valence-electron chi connectivity index (χ2n) is 7.06. The van der Waals surface area contributed by atoms with E-state index < -0.39 is 27.8 Å². The number of hydrogen-bond acceptors (Lipinski definition) is 6. The summed E-state index contributed by atoms with van der Waals surface area (Å²) >= 11 is 0. The summed E-state index contributed by atoms with van der Waals surface area (Å²) in [6.07, 6.45) is 3.04. The van der Waals surface area contributed by atoms with Gasteiger partial charge in [-0.15, -0.1) is 0 Å². The van der Waals surface area contributed by atoms with E-state index in [1.54, 1.807) is 24.3 Å². The third-order valence-electron chi connectivity index (χ3n) is 4.60. The molecule has 0 bridgehead atoms. The Hall–Kier alpha value is -3.46. The van der Waals surface area contributed by atoms with Gasteiger partial charge in [0.2, 0.25) is 5.91 Å². The number of carbonyl (C=O) groups excluding carboxylic acids is 1. The topological polar surface area (TPSA) is 127 Å². The first-order valence-corrected chi connectivity index (χ1v) is 11.4. The predicted octanol–water partition coefficient (Wildman–Crippen LogP) is 2.49. The number of oxazole rings is 1. The lowest BCUT2D eigenvalue weighted by Crippen LogP contribution is -2.42. The minimum Gasteiger partial charge on any atom is -0.480 e. The molecule has 0 radical (unpaired) electrons. The van der Waals surface area contributed by atoms with Crippen LogP contribution in [0.5, 0.6) is 0 Å². The molecule has 162 valence electrons. The molecule has 1 heterocycles. The average molecular weight is 442 g/mol. The first-order valence-electron chi connectivity index (χ1n) is 9.53. The van der Waals surface area contributed by atoms with Gasteiger partial charge in [0, 0.05) is 31.1 Å². The van der Waals surface area contributed by atoms with Crippen molar-refractivity contribution in [1.82, 2.24) is 10.3 Å². The average Bonchev–Trinajstić information content (AvgIpc) is 3.21. The van der Waals surface area contributed by atoms with E-state index in [4.69, 9.17) is 4.42 Å². The molecular formula is C22H22N2O6S. The van der Waals surface area contributed by atoms with Crippen LogP contribution in [0.25, 0.3) is 11.3 Å². The van der Waals surface area contributed by atoms with Crippen LogP contribution >= 0.6 is 0 Å². The van der Waals surface area contributed by atoms with Gasteiger partial charge >= 0.3 is 5.97 Å². The summed E-state index contributed by atoms with van der Waals surface area (Å²) in [5, 5.41) is 11.9. The minimum absolute atomic E-state index is 0.0194. The molecule has 0 saturated heterocycles. The van der Waals surface area contributed by atoms with Gasteiger partial charge in [0.05, 0.1) is 11.1 Å². The molecule has 9 heteroatoms. The normalized spacial score (nSPS) is 12.3. The molecule has 2 aromatic carbocycles. The van der Waals surface area contributed by atoms with Gasteiger partial charge in [0.25, 0.3) is 0 Å². The Morgan fingerprint density at radius 3 is 2.39 bits per heavy atom. The summed E-state index contributed by atoms with van der Waals surface area (Å²) < 4.78 is 28.7. The van der Waals surface area contributed by atoms with Crippen molar-refractivity contribution in [2.75, 3.05) is 6.26 Å². The van der Waals surface area contributed by atoms with E-state index in [1.165, 1.54) is 18.3 Å². The summed E-state index contributed by atoms with van der Waals surface area (Å²) in [5.74, 6) is -0.746. The summed E-state index contributed by atoms with van der Waals surface area (Å²) in [6, 6.07) is 14.3. The zero-order valence-electron chi connectivity index (χ0n) is 16.8. The van der Waals surface area contributed by atoms with Crippen LogP contribution in [-0.4, -0.2) is 42.7 Å². The lowest BCUT2D eigenvalue weighted by Gasteiger charge is -2.14. The largest absolute Gasteiger partial charge is 0.480 e. The molecule has 0 fully saturated rings. The zero-order valence-corrected chi connectivity index (χ0v) is 17.6. The van der Waals surface area contributed by atoms with Gasteiger partial charge in [-0.1, -0.05) is 30.3 Å². The Morgan fingerprint density at radius 2 is 1.77 bits per heavy atom. The summed E-state index contributed by atoms with van der Waals surface area (Å²) in [5.41, 5.74) is 1.47. The smallest absolute Gasteiger partial charge is 0.326 e. The molecule has 3 rings (SSSR count). The maximum absolute atomic E-state index is 12.2. The second-order valence-corrected chi connectivity index (χ2v) is 9.08. The van der Waals surface area contributed by atoms with Crippen molar-refractivity contribution in [3.8, 4) is 11.3 Å². The van der Waals surface area contributed by atoms with Gasteiger partial charge in [-0.05, 0) is 29.8 Å². The van der Waals surface area contributed by atoms with Crippen molar-refractivity contribution >= 4 is 21.7 Å². The van der Waals surface area contributed by atoms with Gasteiger partial charge in [-0.2, -0.15) is 0 Å². The highest BCUT2D eigenvalue weighted by Gasteiger charge is 2.20. The number of benzene rings is 2. The number of aliphatic carboxylic acids is 1. The number of carboxylic acid groups (broad SMARTS) is 1. The number of amides is 1. The molecule has 2 N–H and O–H groups in total. The van der Waals surface area contributed by atoms with Crippen molar-refractivity contribution in [3.05, 3.63) is 72.2 Å². The number of carbonyl (C=O) groups is 2. The Balaban J connectivity index is 1.57. The molecule has 1 unspecified atom stereocenters. The number of aromatic nitrogens is 1. The van der Waals surface area contributed by atoms with Crippen LogP contribution in [0.3, 0.4) is 0 Å². The zero-order chi connectivity index (χ0) is 22.4. The van der Waals surface area contributed by atoms with E-state index in [-0.39, 0.29) is 24.2 Å². The molecule has 1 atom stereocenters. The highest BCUT2D eigenvalue weighted by molar-refractivity contribution is 7.90. The third kappa shape index (κ3) is 6.26. The fourth-order valence-corrected chi connectivity index (χ4v) is 3.59. The van der Waals surface area contributed by atoms with E-state index in [0.29, 0.717) is 17.2 Å². The van der Waals surface area contributed by atoms with E-state index in [2.05, 4.69) is 10.3 Å². The molecule has 0 aliphatic heterocycles. The monoisotopic (exact) mass is 442 g/mol. The molecule has 0 saturated carbocycles. The van der Waals surface area contributed by atoms with Crippen LogP contribution in [0.2, 0.25) is 0 Å². The van der Waals surface area contributed by atoms with Crippen molar-refractivity contribution in [3.63, 3.8) is 0 Å². The molecule has 1 aromatic heterocycles. The van der Waals surface area contributed by atoms with Crippen molar-refractivity contribution in [2.24, 2.45) is 0 Å². The van der Waals surface area contributed by atoms with Gasteiger partial charge in [0.1, 0.15) is 6.04 Å². The van der Waals surface area contributed by atoms with Crippen LogP contribution < -0.4 is 5.32 Å². The van der Waals surface area contributed by atoms with E-state index >= 15 is 0 Å². The highest BCUT2D eigenvalue weighted by Crippen LogP contribution is 2.22. The Kier molecular flexibility index (Phi) is 6.86. The van der Waals surface area contributed by atoms with E-state index in [1.807, 2.05) is 18.2 Å². The van der Waals surface area contributed by atoms with E-state index in [9.17, 15) is 23.1 Å². The Labute approximate surface area is 179 Å². The minimum atomic E-state index is -3.28. The van der Waals surface area contributed by atoms with Crippen LogP contribution in [0.15, 0.2) is 70.1 Å². The van der Waals surface area contributed by atoms with Crippen LogP contribution in [0.1, 0.15) is 17.9 Å². The first-order chi connectivity index (χ1) is 14.7. The van der Waals surface area contributed by atoms with Crippen molar-refractivity contribution < 1.29 is 27.5 Å². The molecule has 0 spiro atoms. The molecular weight excluding hydrogens is 420 g/mol. The fourth-order valence-electron chi connectivity index (χ4n) is 2.96. The molecule has 1 amide bonds. The van der Waals surface area contributed by atoms with Gasteiger partial charge in [0.15, 0.2) is 21.5 Å². The summed E-state index contributed by atoms with van der Waals surface area (Å²) in [4.78, 5) is 28.0. The van der Waals surface area contributed by atoms with Crippen LogP contribution in [-0.2, 0) is 32.3 Å². The Bertz CT molecular complexity index is 1150. The number of hydrogen-bond donors (Lipinski definition) is 2. The maximum atomic E-state index is 12.2. The van der Waals surface area contributed by atoms with Gasteiger partial charge < -0.3 is 14.8 Å². The fraction of sp³-hybridized carbons (Fsp3) is 0.227. The standard InChI is InChI=1S/C22H22N2O6S/c1-31(28,29)17-9-7-16(8-10-17)19-14-23-21(30-19)12-11-20(25)24-18(22(26)27)13-15-5-3-2-4-6-15/h2-10,14,18H,11-13H2,1H3,(H,24,25)(H,26,27). The van der Waals surface area contributed by atoms with Crippen LogP contribution in [0.4, 0.5) is 0 Å². The number of carboxylic acids is 1. The predicted molar refractivity (Wildman–Crippen MR) is 113 cm³/mol. The van der Waals surface area contributed by atoms with Crippen molar-refractivity contribution in [1.29, 1.82) is 0 Å². The van der Waals surface area contributed by atoms with Crippen molar-refractivity contribution in [2.45, 2.75) is 30.2 Å². The number of aryl methyl sites for hydroxylation is 1. The SMILES string of the molecule is CS(=O)(=O)c1ccc(-c2cnc(CCC(=O)NC(Cc3ccccc3)C(=O)O)o2)cc1. The number of nitrogens with zero attached hydrogens (tertiary/aromatic N) is 1. The summed E-state index contributed by atoms with van der Waals surface area (Å²) in [7, 11) is -3.28. The molecule has 0 aliphatic carbocycles. The lowest BCUT2D eigenvalue weighted by atomic mass is 10.1. The van der Waals surface area contributed by atoms with E-state index in [0.717, 1.165) is 11.8 Å². The number of rotatable bonds is 9. The molecule has 0 aliphatic rings. The van der Waals surface area contributed by atoms with Gasteiger partial charge in [-0.25, -0.2) is 18.2 Å². The quantitative estimate of drug-likeness (QED) is 0.521. The Morgan fingerprint density at radius 1 is 1.10 bits per heavy atom. The summed E-state index contributed by atoms with van der Waals surface area (Å²) in [6.45, 7) is 0.